The first kappa shape index (κ1) is 22.3. The minimum atomic E-state index is -1.04. The van der Waals surface area contributed by atoms with Crippen LogP contribution in [0.4, 0.5) is 10.6 Å². The zero-order valence-electron chi connectivity index (χ0n) is 18.6. The number of fused-ring (bicyclic) bond motifs is 1. The molecule has 4 rings (SSSR count). The van der Waals surface area contributed by atoms with Gasteiger partial charge in [0.2, 0.25) is 0 Å². The largest absolute Gasteiger partial charge is 0.497 e. The number of amides is 1. The van der Waals surface area contributed by atoms with Crippen molar-refractivity contribution < 1.29 is 19.4 Å². The molecule has 8 heteroatoms. The molecule has 0 spiro atoms. The fourth-order valence-electron chi connectivity index (χ4n) is 4.51. The number of nitrogens with zero attached hydrogens (tertiary/aromatic N) is 3. The second-order valence-electron chi connectivity index (χ2n) is 8.86. The van der Waals surface area contributed by atoms with E-state index in [-0.39, 0.29) is 12.6 Å². The van der Waals surface area contributed by atoms with Gasteiger partial charge in [-0.1, -0.05) is 0 Å². The molecule has 1 saturated heterocycles. The summed E-state index contributed by atoms with van der Waals surface area (Å²) in [6.45, 7) is 2.95. The highest BCUT2D eigenvalue weighted by Crippen LogP contribution is 2.30. The molecule has 1 saturated carbocycles. The monoisotopic (exact) mass is 440 g/mol. The third kappa shape index (κ3) is 5.48. The van der Waals surface area contributed by atoms with Crippen molar-refractivity contribution in [2.45, 2.75) is 31.7 Å². The van der Waals surface area contributed by atoms with Gasteiger partial charge in [-0.15, -0.1) is 0 Å². The molecule has 1 amide bonds. The zero-order chi connectivity index (χ0) is 22.5. The van der Waals surface area contributed by atoms with Crippen molar-refractivity contribution >= 4 is 29.1 Å². The van der Waals surface area contributed by atoms with Gasteiger partial charge in [-0.2, -0.15) is 0 Å². The molecule has 2 aromatic rings. The lowest BCUT2D eigenvalue weighted by molar-refractivity contribution is -0.108. The second kappa shape index (κ2) is 10.2. The molecule has 0 radical (unpaired) electrons. The lowest BCUT2D eigenvalue weighted by Gasteiger charge is -2.38. The Morgan fingerprint density at radius 2 is 2.06 bits per heavy atom. The van der Waals surface area contributed by atoms with Gasteiger partial charge in [0, 0.05) is 31.1 Å². The number of carbonyl (C=O) groups excluding carboxylic acids is 1. The molecular formula is C24H32N4O4. The Bertz CT molecular complexity index is 941. The number of carboxylic acid groups (broad SMARTS) is 1. The molecule has 2 N–H and O–H groups in total. The first-order valence-electron chi connectivity index (χ1n) is 11.4. The minimum Gasteiger partial charge on any atom is -0.497 e. The van der Waals surface area contributed by atoms with Crippen molar-refractivity contribution in [3.8, 4) is 5.75 Å². The Kier molecular flexibility index (Phi) is 7.09. The van der Waals surface area contributed by atoms with Gasteiger partial charge in [0.15, 0.2) is 0 Å². The molecule has 2 heterocycles. The maximum Gasteiger partial charge on any atom is 0.407 e. The molecule has 1 atom stereocenters. The van der Waals surface area contributed by atoms with Crippen LogP contribution in [0.2, 0.25) is 0 Å². The summed E-state index contributed by atoms with van der Waals surface area (Å²) in [4.78, 5) is 30.9. The Hall–Kier alpha value is -2.87. The van der Waals surface area contributed by atoms with Crippen molar-refractivity contribution in [1.29, 1.82) is 0 Å². The number of ether oxygens (including phenoxy) is 1. The molecule has 1 aromatic heterocycles. The van der Waals surface area contributed by atoms with Crippen LogP contribution in [0.5, 0.6) is 5.75 Å². The number of benzene rings is 1. The fraction of sp³-hybridized carbons (Fsp3) is 0.542. The van der Waals surface area contributed by atoms with Gasteiger partial charge in [0.05, 0.1) is 19.2 Å². The van der Waals surface area contributed by atoms with Crippen LogP contribution in [0.25, 0.3) is 10.9 Å². The van der Waals surface area contributed by atoms with Crippen LogP contribution >= 0.6 is 0 Å². The molecule has 1 aliphatic heterocycles. The quantitative estimate of drug-likeness (QED) is 0.549. The van der Waals surface area contributed by atoms with Crippen molar-refractivity contribution in [3.05, 3.63) is 30.3 Å². The van der Waals surface area contributed by atoms with E-state index >= 15 is 0 Å². The number of hydrogen-bond acceptors (Lipinski definition) is 6. The van der Waals surface area contributed by atoms with Crippen molar-refractivity contribution in [2.75, 3.05) is 44.7 Å². The second-order valence-corrected chi connectivity index (χ2v) is 8.86. The van der Waals surface area contributed by atoms with Crippen LogP contribution < -0.4 is 15.0 Å². The molecule has 1 aliphatic carbocycles. The Labute approximate surface area is 188 Å². The van der Waals surface area contributed by atoms with Gasteiger partial charge in [0.1, 0.15) is 17.9 Å². The molecule has 1 aromatic carbocycles. The number of pyridine rings is 1. The molecule has 32 heavy (non-hydrogen) atoms. The summed E-state index contributed by atoms with van der Waals surface area (Å²) in [6.07, 6.45) is 4.03. The van der Waals surface area contributed by atoms with E-state index in [9.17, 15) is 14.7 Å². The first-order valence-corrected chi connectivity index (χ1v) is 11.4. The summed E-state index contributed by atoms with van der Waals surface area (Å²) in [6, 6.07) is 10.1. The first-order chi connectivity index (χ1) is 15.6. The standard InChI is InChI=1S/C24H32N4O4/c1-32-20-5-6-21-19(14-20)4-7-23(26-21)27-10-8-18(9-11-27)22(25-15-17-2-3-17)16-28(12-13-29)24(30)31/h4-7,13-14,17-18,22,25H,2-3,8-12,15-16H2,1H3,(H,30,31). The highest BCUT2D eigenvalue weighted by molar-refractivity contribution is 5.81. The number of hydrogen-bond donors (Lipinski definition) is 2. The molecule has 172 valence electrons. The number of aldehydes is 1. The van der Waals surface area contributed by atoms with Gasteiger partial charge < -0.3 is 24.9 Å². The SMILES string of the molecule is COc1ccc2nc(N3CCC(C(CN(CC=O)C(=O)O)NCC4CC4)CC3)ccc2c1. The van der Waals surface area contributed by atoms with E-state index in [0.717, 1.165) is 54.9 Å². The fourth-order valence-corrected chi connectivity index (χ4v) is 4.51. The Morgan fingerprint density at radius 3 is 2.72 bits per heavy atom. The molecule has 2 aliphatic rings. The van der Waals surface area contributed by atoms with Gasteiger partial charge in [-0.3, -0.25) is 4.90 Å². The number of nitrogens with one attached hydrogen (secondary N) is 1. The van der Waals surface area contributed by atoms with E-state index in [0.29, 0.717) is 24.7 Å². The molecule has 0 bridgehead atoms. The third-order valence-corrected chi connectivity index (χ3v) is 6.66. The number of piperidine rings is 1. The molecular weight excluding hydrogens is 408 g/mol. The van der Waals surface area contributed by atoms with E-state index in [1.807, 2.05) is 18.2 Å². The number of anilines is 1. The van der Waals surface area contributed by atoms with E-state index in [4.69, 9.17) is 9.72 Å². The van der Waals surface area contributed by atoms with Crippen molar-refractivity contribution in [2.24, 2.45) is 11.8 Å². The predicted octanol–water partition coefficient (Wildman–Crippen LogP) is 3.01. The van der Waals surface area contributed by atoms with Crippen LogP contribution in [0.3, 0.4) is 0 Å². The summed E-state index contributed by atoms with van der Waals surface area (Å²) in [5, 5.41) is 14.1. The maximum absolute atomic E-state index is 11.6. The normalized spacial score (nSPS) is 17.8. The van der Waals surface area contributed by atoms with Crippen LogP contribution in [-0.4, -0.2) is 73.2 Å². The highest BCUT2D eigenvalue weighted by Gasteiger charge is 2.31. The summed E-state index contributed by atoms with van der Waals surface area (Å²) >= 11 is 0. The number of aromatic nitrogens is 1. The van der Waals surface area contributed by atoms with E-state index < -0.39 is 6.09 Å². The van der Waals surface area contributed by atoms with Gasteiger partial charge in [-0.05, 0) is 74.4 Å². The Balaban J connectivity index is 1.40. The van der Waals surface area contributed by atoms with Gasteiger partial charge in [-0.25, -0.2) is 9.78 Å². The zero-order valence-corrected chi connectivity index (χ0v) is 18.6. The Morgan fingerprint density at radius 1 is 1.28 bits per heavy atom. The minimum absolute atomic E-state index is 0.0610. The molecule has 8 nitrogen and oxygen atoms in total. The smallest absolute Gasteiger partial charge is 0.407 e. The van der Waals surface area contributed by atoms with E-state index in [1.54, 1.807) is 7.11 Å². The number of rotatable bonds is 10. The van der Waals surface area contributed by atoms with E-state index in [2.05, 4.69) is 22.3 Å². The highest BCUT2D eigenvalue weighted by atomic mass is 16.5. The third-order valence-electron chi connectivity index (χ3n) is 6.66. The number of carbonyl (C=O) groups is 2. The van der Waals surface area contributed by atoms with Gasteiger partial charge in [0.25, 0.3) is 0 Å². The van der Waals surface area contributed by atoms with Crippen molar-refractivity contribution in [3.63, 3.8) is 0 Å². The predicted molar refractivity (Wildman–Crippen MR) is 123 cm³/mol. The average molecular weight is 441 g/mol. The molecule has 1 unspecified atom stereocenters. The lowest BCUT2D eigenvalue weighted by Crippen LogP contribution is -2.51. The van der Waals surface area contributed by atoms with Crippen LogP contribution in [0.15, 0.2) is 30.3 Å². The van der Waals surface area contributed by atoms with Gasteiger partial charge >= 0.3 is 6.09 Å². The molecule has 2 fully saturated rings. The summed E-state index contributed by atoms with van der Waals surface area (Å²) in [5.41, 5.74) is 0.945. The average Bonchev–Trinajstić information content (AvgIpc) is 3.65. The lowest BCUT2D eigenvalue weighted by atomic mass is 9.88. The van der Waals surface area contributed by atoms with Crippen LogP contribution in [0.1, 0.15) is 25.7 Å². The van der Waals surface area contributed by atoms with E-state index in [1.165, 1.54) is 17.7 Å². The topological polar surface area (TPSA) is 95.0 Å². The summed E-state index contributed by atoms with van der Waals surface area (Å²) < 4.78 is 5.30. The van der Waals surface area contributed by atoms with Crippen molar-refractivity contribution in [1.82, 2.24) is 15.2 Å². The number of methoxy groups -OCH3 is 1. The summed E-state index contributed by atoms with van der Waals surface area (Å²) in [5.74, 6) is 2.87. The van der Waals surface area contributed by atoms with Crippen LogP contribution in [0, 0.1) is 11.8 Å². The summed E-state index contributed by atoms with van der Waals surface area (Å²) in [7, 11) is 1.66. The maximum atomic E-state index is 11.6. The van der Waals surface area contributed by atoms with Crippen LogP contribution in [-0.2, 0) is 4.79 Å².